The number of anilines is 1. The van der Waals surface area contributed by atoms with Gasteiger partial charge in [-0.1, -0.05) is 39.0 Å². The van der Waals surface area contributed by atoms with Crippen molar-refractivity contribution < 1.29 is 4.79 Å². The average molecular weight is 248 g/mol. The Morgan fingerprint density at radius 3 is 2.50 bits per heavy atom. The zero-order chi connectivity index (χ0) is 13.6. The molecule has 2 N–H and O–H groups in total. The third kappa shape index (κ3) is 4.40. The topological polar surface area (TPSA) is 41.1 Å². The molecule has 1 amide bonds. The fourth-order valence-corrected chi connectivity index (χ4v) is 1.89. The van der Waals surface area contributed by atoms with Gasteiger partial charge in [0.25, 0.3) is 0 Å². The summed E-state index contributed by atoms with van der Waals surface area (Å²) in [4.78, 5) is 11.1. The lowest BCUT2D eigenvalue weighted by molar-refractivity contribution is -0.120. The lowest BCUT2D eigenvalue weighted by Gasteiger charge is -2.23. The molecule has 0 radical (unpaired) electrons. The van der Waals surface area contributed by atoms with E-state index in [1.54, 1.807) is 7.05 Å². The highest BCUT2D eigenvalue weighted by molar-refractivity contribution is 5.75. The van der Waals surface area contributed by atoms with Crippen LogP contribution in [0.2, 0.25) is 0 Å². The number of hydrogen-bond acceptors (Lipinski definition) is 2. The first kappa shape index (κ1) is 14.6. The van der Waals surface area contributed by atoms with Crippen LogP contribution in [0.3, 0.4) is 0 Å². The van der Waals surface area contributed by atoms with Crippen LogP contribution >= 0.6 is 0 Å². The molecule has 0 aliphatic carbocycles. The number of amides is 1. The quantitative estimate of drug-likeness (QED) is 0.787. The van der Waals surface area contributed by atoms with Gasteiger partial charge in [0.15, 0.2) is 0 Å². The van der Waals surface area contributed by atoms with E-state index >= 15 is 0 Å². The highest BCUT2D eigenvalue weighted by Crippen LogP contribution is 2.29. The third-order valence-electron chi connectivity index (χ3n) is 2.91. The van der Waals surface area contributed by atoms with Crippen LogP contribution in [-0.4, -0.2) is 19.5 Å². The number of nitrogens with one attached hydrogen (secondary N) is 2. The second kappa shape index (κ2) is 6.43. The summed E-state index contributed by atoms with van der Waals surface area (Å²) >= 11 is 0. The Kier molecular flexibility index (Phi) is 5.20. The summed E-state index contributed by atoms with van der Waals surface area (Å²) in [6.07, 6.45) is 1.42. The molecule has 0 bridgehead atoms. The fourth-order valence-electron chi connectivity index (χ4n) is 1.89. The van der Waals surface area contributed by atoms with Crippen LogP contribution in [-0.2, 0) is 10.2 Å². The molecule has 1 rings (SSSR count). The predicted octanol–water partition coefficient (Wildman–Crippen LogP) is 2.92. The molecule has 0 atom stereocenters. The minimum absolute atomic E-state index is 0.0981. The van der Waals surface area contributed by atoms with Gasteiger partial charge in [0.05, 0.1) is 0 Å². The van der Waals surface area contributed by atoms with E-state index in [1.165, 1.54) is 11.3 Å². The second-order valence-electron chi connectivity index (χ2n) is 5.50. The van der Waals surface area contributed by atoms with E-state index in [0.717, 1.165) is 13.0 Å². The minimum Gasteiger partial charge on any atom is -0.385 e. The van der Waals surface area contributed by atoms with Crippen molar-refractivity contribution in [1.82, 2.24) is 5.32 Å². The van der Waals surface area contributed by atoms with Crippen LogP contribution in [0.1, 0.15) is 39.2 Å². The number of carbonyl (C=O) groups excluding carboxylic acids is 1. The van der Waals surface area contributed by atoms with Crippen molar-refractivity contribution in [2.75, 3.05) is 18.9 Å². The summed E-state index contributed by atoms with van der Waals surface area (Å²) in [5.41, 5.74) is 2.61. The van der Waals surface area contributed by atoms with Crippen LogP contribution in [0.25, 0.3) is 0 Å². The van der Waals surface area contributed by atoms with Gasteiger partial charge in [-0.25, -0.2) is 0 Å². The van der Waals surface area contributed by atoms with Crippen molar-refractivity contribution >= 4 is 11.6 Å². The smallest absolute Gasteiger partial charge is 0.219 e. The van der Waals surface area contributed by atoms with Crippen LogP contribution < -0.4 is 10.6 Å². The van der Waals surface area contributed by atoms with Crippen LogP contribution in [0, 0.1) is 0 Å². The van der Waals surface area contributed by atoms with Crippen LogP contribution in [0.5, 0.6) is 0 Å². The zero-order valence-electron chi connectivity index (χ0n) is 11.8. The summed E-state index contributed by atoms with van der Waals surface area (Å²) in [7, 11) is 1.67. The summed E-state index contributed by atoms with van der Waals surface area (Å²) in [6, 6.07) is 8.36. The highest BCUT2D eigenvalue weighted by Gasteiger charge is 2.16. The summed E-state index contributed by atoms with van der Waals surface area (Å²) in [6.45, 7) is 7.44. The molecule has 3 heteroatoms. The normalized spacial score (nSPS) is 11.1. The standard InChI is InChI=1S/C15H24N2O/c1-15(2,3)12-8-5-6-9-13(12)17-11-7-10-14(18)16-4/h5-6,8-9,17H,7,10-11H2,1-4H3,(H,16,18). The van der Waals surface area contributed by atoms with Crippen LogP contribution in [0.15, 0.2) is 24.3 Å². The molecule has 0 fully saturated rings. The lowest BCUT2D eigenvalue weighted by Crippen LogP contribution is -2.19. The molecule has 3 nitrogen and oxygen atoms in total. The molecule has 1 aromatic rings. The molecule has 0 aromatic heterocycles. The summed E-state index contributed by atoms with van der Waals surface area (Å²) < 4.78 is 0. The van der Waals surface area contributed by atoms with Gasteiger partial charge < -0.3 is 10.6 Å². The Morgan fingerprint density at radius 1 is 1.22 bits per heavy atom. The third-order valence-corrected chi connectivity index (χ3v) is 2.91. The molecular weight excluding hydrogens is 224 g/mol. The molecule has 0 saturated heterocycles. The molecule has 18 heavy (non-hydrogen) atoms. The maximum atomic E-state index is 11.1. The Balaban J connectivity index is 2.55. The van der Waals surface area contributed by atoms with Gasteiger partial charge in [0, 0.05) is 25.7 Å². The molecule has 0 saturated carbocycles. The van der Waals surface area contributed by atoms with Gasteiger partial charge in [-0.05, 0) is 23.5 Å². The van der Waals surface area contributed by atoms with E-state index in [4.69, 9.17) is 0 Å². The highest BCUT2D eigenvalue weighted by atomic mass is 16.1. The molecule has 1 aromatic carbocycles. The average Bonchev–Trinajstić information content (AvgIpc) is 2.33. The maximum Gasteiger partial charge on any atom is 0.219 e. The second-order valence-corrected chi connectivity index (χ2v) is 5.50. The van der Waals surface area contributed by atoms with Crippen molar-refractivity contribution in [3.63, 3.8) is 0 Å². The molecule has 0 spiro atoms. The Labute approximate surface area is 110 Å². The van der Waals surface area contributed by atoms with Gasteiger partial charge in [0.1, 0.15) is 0 Å². The molecule has 0 heterocycles. The number of benzene rings is 1. The summed E-state index contributed by atoms with van der Waals surface area (Å²) in [5.74, 6) is 0.0981. The maximum absolute atomic E-state index is 11.1. The number of hydrogen-bond donors (Lipinski definition) is 2. The van der Waals surface area contributed by atoms with E-state index in [1.807, 2.05) is 6.07 Å². The van der Waals surface area contributed by atoms with Gasteiger partial charge in [-0.2, -0.15) is 0 Å². The largest absolute Gasteiger partial charge is 0.385 e. The van der Waals surface area contributed by atoms with Crippen molar-refractivity contribution in [1.29, 1.82) is 0 Å². The Hall–Kier alpha value is -1.51. The first-order chi connectivity index (χ1) is 8.45. The number of rotatable bonds is 5. The van der Waals surface area contributed by atoms with Gasteiger partial charge in [-0.3, -0.25) is 4.79 Å². The molecule has 0 unspecified atom stereocenters. The molecular formula is C15H24N2O. The molecule has 0 aliphatic heterocycles. The zero-order valence-corrected chi connectivity index (χ0v) is 11.8. The number of para-hydroxylation sites is 1. The van der Waals surface area contributed by atoms with E-state index in [9.17, 15) is 4.79 Å². The first-order valence-corrected chi connectivity index (χ1v) is 6.49. The molecule has 0 aliphatic rings. The van der Waals surface area contributed by atoms with Gasteiger partial charge in [-0.15, -0.1) is 0 Å². The van der Waals surface area contributed by atoms with Crippen molar-refractivity contribution in [2.24, 2.45) is 0 Å². The van der Waals surface area contributed by atoms with Crippen molar-refractivity contribution in [3.05, 3.63) is 29.8 Å². The van der Waals surface area contributed by atoms with E-state index in [-0.39, 0.29) is 11.3 Å². The lowest BCUT2D eigenvalue weighted by atomic mass is 9.86. The van der Waals surface area contributed by atoms with E-state index < -0.39 is 0 Å². The van der Waals surface area contributed by atoms with Gasteiger partial charge in [0.2, 0.25) is 5.91 Å². The van der Waals surface area contributed by atoms with Crippen molar-refractivity contribution in [2.45, 2.75) is 39.0 Å². The van der Waals surface area contributed by atoms with E-state index in [2.05, 4.69) is 49.6 Å². The monoisotopic (exact) mass is 248 g/mol. The van der Waals surface area contributed by atoms with Crippen LogP contribution in [0.4, 0.5) is 5.69 Å². The van der Waals surface area contributed by atoms with E-state index in [0.29, 0.717) is 6.42 Å². The Bertz CT molecular complexity index is 394. The van der Waals surface area contributed by atoms with Gasteiger partial charge >= 0.3 is 0 Å². The number of carbonyl (C=O) groups is 1. The minimum atomic E-state index is 0.0981. The first-order valence-electron chi connectivity index (χ1n) is 6.49. The fraction of sp³-hybridized carbons (Fsp3) is 0.533. The molecule has 100 valence electrons. The predicted molar refractivity (Wildman–Crippen MR) is 76.9 cm³/mol. The van der Waals surface area contributed by atoms with Crippen molar-refractivity contribution in [3.8, 4) is 0 Å². The SMILES string of the molecule is CNC(=O)CCCNc1ccccc1C(C)(C)C. The summed E-state index contributed by atoms with van der Waals surface area (Å²) in [5, 5.41) is 6.05. The Morgan fingerprint density at radius 2 is 1.89 bits per heavy atom.